The van der Waals surface area contributed by atoms with Gasteiger partial charge in [0, 0.05) is 12.2 Å². The van der Waals surface area contributed by atoms with E-state index in [2.05, 4.69) is 27.2 Å². The van der Waals surface area contributed by atoms with Crippen molar-refractivity contribution in [3.8, 4) is 17.1 Å². The van der Waals surface area contributed by atoms with Crippen molar-refractivity contribution in [3.05, 3.63) is 66.1 Å². The minimum atomic E-state index is -0.0743. The zero-order chi connectivity index (χ0) is 20.1. The van der Waals surface area contributed by atoms with Gasteiger partial charge in [-0.1, -0.05) is 47.6 Å². The highest BCUT2D eigenvalue weighted by atomic mass is 16.5. The van der Waals surface area contributed by atoms with E-state index in [-0.39, 0.29) is 12.0 Å². The fourth-order valence-electron chi connectivity index (χ4n) is 3.97. The van der Waals surface area contributed by atoms with Gasteiger partial charge in [0.2, 0.25) is 11.7 Å². The number of aliphatic hydroxyl groups is 1. The predicted molar refractivity (Wildman–Crippen MR) is 110 cm³/mol. The average molecular weight is 393 g/mol. The summed E-state index contributed by atoms with van der Waals surface area (Å²) >= 11 is 0. The highest BCUT2D eigenvalue weighted by Gasteiger charge is 2.34. The van der Waals surface area contributed by atoms with Crippen LogP contribution >= 0.6 is 0 Å². The SMILES string of the molecule is COc1ccc(CC2(CO)CCN(Cc3nc(-c4ccccc4)no3)CC2)cc1. The molecular formula is C23H27N3O3. The molecule has 1 N–H and O–H groups in total. The van der Waals surface area contributed by atoms with Crippen molar-refractivity contribution in [3.63, 3.8) is 0 Å². The molecule has 3 aromatic rings. The maximum atomic E-state index is 10.1. The Hall–Kier alpha value is -2.70. The second-order valence-corrected chi connectivity index (χ2v) is 7.84. The number of piperidine rings is 1. The molecular weight excluding hydrogens is 366 g/mol. The normalized spacial score (nSPS) is 16.6. The van der Waals surface area contributed by atoms with Crippen molar-refractivity contribution < 1.29 is 14.4 Å². The average Bonchev–Trinajstić information content (AvgIpc) is 3.25. The first-order valence-electron chi connectivity index (χ1n) is 10.0. The Balaban J connectivity index is 1.35. The summed E-state index contributed by atoms with van der Waals surface area (Å²) in [6, 6.07) is 18.0. The van der Waals surface area contributed by atoms with Crippen molar-refractivity contribution in [2.45, 2.75) is 25.8 Å². The number of hydrogen-bond donors (Lipinski definition) is 1. The van der Waals surface area contributed by atoms with Gasteiger partial charge < -0.3 is 14.4 Å². The minimum absolute atomic E-state index is 0.0743. The van der Waals surface area contributed by atoms with E-state index in [1.165, 1.54) is 5.56 Å². The molecule has 152 valence electrons. The molecule has 1 fully saturated rings. The zero-order valence-corrected chi connectivity index (χ0v) is 16.8. The number of hydrogen-bond acceptors (Lipinski definition) is 6. The lowest BCUT2D eigenvalue weighted by atomic mass is 9.74. The number of aromatic nitrogens is 2. The molecule has 0 radical (unpaired) electrons. The number of likely N-dealkylation sites (tertiary alicyclic amines) is 1. The Kier molecular flexibility index (Phi) is 5.92. The van der Waals surface area contributed by atoms with Crippen LogP contribution in [0.3, 0.4) is 0 Å². The van der Waals surface area contributed by atoms with Crippen LogP contribution in [0.4, 0.5) is 0 Å². The summed E-state index contributed by atoms with van der Waals surface area (Å²) < 4.78 is 10.7. The first-order valence-corrected chi connectivity index (χ1v) is 10.0. The van der Waals surface area contributed by atoms with Gasteiger partial charge in [-0.05, 0) is 55.5 Å². The van der Waals surface area contributed by atoms with Crippen LogP contribution in [0.1, 0.15) is 24.3 Å². The summed E-state index contributed by atoms with van der Waals surface area (Å²) in [4.78, 5) is 6.86. The smallest absolute Gasteiger partial charge is 0.241 e. The van der Waals surface area contributed by atoms with Crippen molar-refractivity contribution in [2.24, 2.45) is 5.41 Å². The number of methoxy groups -OCH3 is 1. The Bertz CT molecular complexity index is 901. The molecule has 6 heteroatoms. The van der Waals surface area contributed by atoms with E-state index in [0.29, 0.717) is 18.3 Å². The summed E-state index contributed by atoms with van der Waals surface area (Å²) in [5, 5.41) is 14.2. The third kappa shape index (κ3) is 4.66. The van der Waals surface area contributed by atoms with Gasteiger partial charge in [-0.15, -0.1) is 0 Å². The fraction of sp³-hybridized carbons (Fsp3) is 0.391. The Morgan fingerprint density at radius 3 is 2.45 bits per heavy atom. The van der Waals surface area contributed by atoms with Crippen LogP contribution in [0.2, 0.25) is 0 Å². The molecule has 0 spiro atoms. The quantitative estimate of drug-likeness (QED) is 0.662. The van der Waals surface area contributed by atoms with Crippen LogP contribution in [-0.2, 0) is 13.0 Å². The van der Waals surface area contributed by atoms with Crippen LogP contribution in [0.15, 0.2) is 59.1 Å². The molecule has 0 unspecified atom stereocenters. The molecule has 4 rings (SSSR count). The van der Waals surface area contributed by atoms with E-state index in [9.17, 15) is 5.11 Å². The Morgan fingerprint density at radius 2 is 1.79 bits per heavy atom. The summed E-state index contributed by atoms with van der Waals surface area (Å²) in [7, 11) is 1.67. The summed E-state index contributed by atoms with van der Waals surface area (Å²) in [5.74, 6) is 2.12. The van der Waals surface area contributed by atoms with Crippen molar-refractivity contribution in [2.75, 3.05) is 26.8 Å². The second-order valence-electron chi connectivity index (χ2n) is 7.84. The van der Waals surface area contributed by atoms with Gasteiger partial charge >= 0.3 is 0 Å². The van der Waals surface area contributed by atoms with Crippen molar-refractivity contribution in [1.82, 2.24) is 15.0 Å². The van der Waals surface area contributed by atoms with Crippen LogP contribution in [0.25, 0.3) is 11.4 Å². The molecule has 0 aliphatic carbocycles. The van der Waals surface area contributed by atoms with E-state index < -0.39 is 0 Å². The summed E-state index contributed by atoms with van der Waals surface area (Å²) in [6.45, 7) is 2.65. The first kappa shape index (κ1) is 19.6. The van der Waals surface area contributed by atoms with Crippen molar-refractivity contribution in [1.29, 1.82) is 0 Å². The Morgan fingerprint density at radius 1 is 1.07 bits per heavy atom. The van der Waals surface area contributed by atoms with E-state index in [4.69, 9.17) is 9.26 Å². The summed E-state index contributed by atoms with van der Waals surface area (Å²) in [5.41, 5.74) is 2.12. The lowest BCUT2D eigenvalue weighted by Gasteiger charge is -2.40. The monoisotopic (exact) mass is 393 g/mol. The topological polar surface area (TPSA) is 71.6 Å². The van der Waals surface area contributed by atoms with Gasteiger partial charge in [0.1, 0.15) is 5.75 Å². The van der Waals surface area contributed by atoms with E-state index >= 15 is 0 Å². The van der Waals surface area contributed by atoms with E-state index in [0.717, 1.165) is 43.7 Å². The summed E-state index contributed by atoms with van der Waals surface area (Å²) in [6.07, 6.45) is 2.75. The van der Waals surface area contributed by atoms with E-state index in [1.807, 2.05) is 42.5 Å². The van der Waals surface area contributed by atoms with Crippen LogP contribution in [-0.4, -0.2) is 47.0 Å². The molecule has 1 saturated heterocycles. The maximum absolute atomic E-state index is 10.1. The van der Waals surface area contributed by atoms with Gasteiger partial charge in [-0.25, -0.2) is 0 Å². The Labute approximate surface area is 171 Å². The minimum Gasteiger partial charge on any atom is -0.497 e. The third-order valence-corrected chi connectivity index (χ3v) is 5.85. The number of aliphatic hydroxyl groups excluding tert-OH is 1. The van der Waals surface area contributed by atoms with Crippen molar-refractivity contribution >= 4 is 0 Å². The largest absolute Gasteiger partial charge is 0.497 e. The molecule has 29 heavy (non-hydrogen) atoms. The highest BCUT2D eigenvalue weighted by molar-refractivity contribution is 5.53. The molecule has 1 aliphatic heterocycles. The lowest BCUT2D eigenvalue weighted by molar-refractivity contribution is 0.0378. The molecule has 1 aliphatic rings. The fourth-order valence-corrected chi connectivity index (χ4v) is 3.97. The number of benzene rings is 2. The van der Waals surface area contributed by atoms with Gasteiger partial charge in [-0.3, -0.25) is 4.90 Å². The molecule has 2 aromatic carbocycles. The third-order valence-electron chi connectivity index (χ3n) is 5.85. The molecule has 2 heterocycles. The molecule has 0 saturated carbocycles. The second kappa shape index (κ2) is 8.76. The number of rotatable bonds is 7. The molecule has 1 aromatic heterocycles. The number of nitrogens with zero attached hydrogens (tertiary/aromatic N) is 3. The molecule has 0 bridgehead atoms. The van der Waals surface area contributed by atoms with Crippen LogP contribution in [0, 0.1) is 5.41 Å². The van der Waals surface area contributed by atoms with Gasteiger partial charge in [0.05, 0.1) is 13.7 Å². The van der Waals surface area contributed by atoms with Gasteiger partial charge in [-0.2, -0.15) is 4.98 Å². The first-order chi connectivity index (χ1) is 14.2. The predicted octanol–water partition coefficient (Wildman–Crippen LogP) is 3.56. The molecule has 0 atom stereocenters. The van der Waals surface area contributed by atoms with Crippen LogP contribution < -0.4 is 4.74 Å². The lowest BCUT2D eigenvalue weighted by Crippen LogP contribution is -2.42. The maximum Gasteiger partial charge on any atom is 0.241 e. The number of ether oxygens (including phenoxy) is 1. The highest BCUT2D eigenvalue weighted by Crippen LogP contribution is 2.35. The molecule has 0 amide bonds. The van der Waals surface area contributed by atoms with Gasteiger partial charge in [0.15, 0.2) is 0 Å². The van der Waals surface area contributed by atoms with E-state index in [1.54, 1.807) is 7.11 Å². The molecule has 6 nitrogen and oxygen atoms in total. The van der Waals surface area contributed by atoms with Gasteiger partial charge in [0.25, 0.3) is 0 Å². The zero-order valence-electron chi connectivity index (χ0n) is 16.8. The van der Waals surface area contributed by atoms with Crippen LogP contribution in [0.5, 0.6) is 5.75 Å². The standard InChI is InChI=1S/C23H27N3O3/c1-28-20-9-7-18(8-10-20)15-23(17-27)11-13-26(14-12-23)16-21-24-22(25-29-21)19-5-3-2-4-6-19/h2-10,27H,11-17H2,1H3.